The van der Waals surface area contributed by atoms with Crippen LogP contribution in [0.5, 0.6) is 0 Å². The SMILES string of the molecule is O=C(Cc1n[nH]c(=O)[nH]c1=O)N/N=C\c1c[nH]c2ccccc12. The van der Waals surface area contributed by atoms with E-state index in [9.17, 15) is 14.4 Å². The maximum Gasteiger partial charge on any atom is 0.342 e. The number of H-pyrrole nitrogens is 3. The number of nitrogens with zero attached hydrogens (tertiary/aromatic N) is 2. The molecule has 9 nitrogen and oxygen atoms in total. The minimum Gasteiger partial charge on any atom is -0.361 e. The highest BCUT2D eigenvalue weighted by Gasteiger charge is 2.08. The highest BCUT2D eigenvalue weighted by molar-refractivity contribution is 5.99. The molecule has 2 heterocycles. The number of hydrogen-bond acceptors (Lipinski definition) is 5. The molecule has 0 saturated carbocycles. The van der Waals surface area contributed by atoms with Gasteiger partial charge in [-0.25, -0.2) is 15.3 Å². The fourth-order valence-electron chi connectivity index (χ4n) is 2.06. The second-order valence-electron chi connectivity index (χ2n) is 4.71. The Balaban J connectivity index is 1.67. The van der Waals surface area contributed by atoms with Gasteiger partial charge in [-0.3, -0.25) is 14.6 Å². The maximum absolute atomic E-state index is 11.7. The fraction of sp³-hybridized carbons (Fsp3) is 0.0714. The lowest BCUT2D eigenvalue weighted by Crippen LogP contribution is -2.31. The summed E-state index contributed by atoms with van der Waals surface area (Å²) in [6.07, 6.45) is 2.98. The number of hydrogen-bond donors (Lipinski definition) is 4. The molecule has 23 heavy (non-hydrogen) atoms. The number of fused-ring (bicyclic) bond motifs is 1. The Labute approximate surface area is 128 Å². The van der Waals surface area contributed by atoms with Crippen LogP contribution in [0.1, 0.15) is 11.3 Å². The molecule has 0 aliphatic carbocycles. The predicted octanol–water partition coefficient (Wildman–Crippen LogP) is -0.368. The van der Waals surface area contributed by atoms with Crippen LogP contribution < -0.4 is 16.7 Å². The van der Waals surface area contributed by atoms with Gasteiger partial charge in [-0.15, -0.1) is 0 Å². The number of aromatic amines is 3. The van der Waals surface area contributed by atoms with Gasteiger partial charge >= 0.3 is 5.69 Å². The maximum atomic E-state index is 11.7. The molecule has 0 fully saturated rings. The summed E-state index contributed by atoms with van der Waals surface area (Å²) in [6.45, 7) is 0. The average molecular weight is 312 g/mol. The molecule has 0 saturated heterocycles. The smallest absolute Gasteiger partial charge is 0.342 e. The van der Waals surface area contributed by atoms with E-state index in [1.54, 1.807) is 6.20 Å². The van der Waals surface area contributed by atoms with Gasteiger partial charge in [-0.05, 0) is 6.07 Å². The standard InChI is InChI=1S/C14H12N6O3/c21-12(5-11-13(22)17-14(23)20-18-11)19-16-7-8-6-15-10-4-2-1-3-9(8)10/h1-4,6-7,15H,5H2,(H,19,21)(H2,17,20,22,23)/b16-7-. The molecule has 0 aliphatic rings. The molecule has 0 spiro atoms. The molecular weight excluding hydrogens is 300 g/mol. The Hall–Kier alpha value is -3.49. The Kier molecular flexibility index (Phi) is 3.83. The highest BCUT2D eigenvalue weighted by atomic mass is 16.2. The molecule has 2 aromatic heterocycles. The molecule has 1 amide bonds. The van der Waals surface area contributed by atoms with E-state index in [-0.39, 0.29) is 12.1 Å². The van der Waals surface area contributed by atoms with Crippen molar-refractivity contribution in [3.63, 3.8) is 0 Å². The Morgan fingerprint density at radius 1 is 1.30 bits per heavy atom. The number of rotatable bonds is 4. The normalized spacial score (nSPS) is 11.1. The van der Waals surface area contributed by atoms with Gasteiger partial charge in [-0.1, -0.05) is 18.2 Å². The summed E-state index contributed by atoms with van der Waals surface area (Å²) < 4.78 is 0. The van der Waals surface area contributed by atoms with E-state index in [1.807, 2.05) is 29.2 Å². The Morgan fingerprint density at radius 2 is 2.13 bits per heavy atom. The lowest BCUT2D eigenvalue weighted by molar-refractivity contribution is -0.120. The topological polar surface area (TPSA) is 136 Å². The van der Waals surface area contributed by atoms with Crippen molar-refractivity contribution < 1.29 is 4.79 Å². The Morgan fingerprint density at radius 3 is 2.96 bits per heavy atom. The van der Waals surface area contributed by atoms with E-state index in [0.717, 1.165) is 16.5 Å². The van der Waals surface area contributed by atoms with E-state index < -0.39 is 17.2 Å². The molecule has 0 radical (unpaired) electrons. The van der Waals surface area contributed by atoms with Crippen molar-refractivity contribution in [2.45, 2.75) is 6.42 Å². The number of aromatic nitrogens is 4. The third-order valence-corrected chi connectivity index (χ3v) is 3.12. The largest absolute Gasteiger partial charge is 0.361 e. The van der Waals surface area contributed by atoms with E-state index in [4.69, 9.17) is 0 Å². The number of carbonyl (C=O) groups is 1. The van der Waals surface area contributed by atoms with Crippen molar-refractivity contribution in [1.82, 2.24) is 25.6 Å². The van der Waals surface area contributed by atoms with Crippen LogP contribution in [0.4, 0.5) is 0 Å². The molecule has 3 aromatic rings. The fourth-order valence-corrected chi connectivity index (χ4v) is 2.06. The van der Waals surface area contributed by atoms with Crippen LogP contribution in [-0.4, -0.2) is 32.3 Å². The van der Waals surface area contributed by atoms with Gasteiger partial charge in [0.05, 0.1) is 12.6 Å². The Bertz CT molecular complexity index is 997. The van der Waals surface area contributed by atoms with E-state index >= 15 is 0 Å². The first-order valence-corrected chi connectivity index (χ1v) is 6.69. The van der Waals surface area contributed by atoms with Crippen LogP contribution in [0.25, 0.3) is 10.9 Å². The van der Waals surface area contributed by atoms with Crippen molar-refractivity contribution in [3.8, 4) is 0 Å². The monoisotopic (exact) mass is 312 g/mol. The molecule has 0 atom stereocenters. The van der Waals surface area contributed by atoms with Crippen molar-refractivity contribution in [2.75, 3.05) is 0 Å². The van der Waals surface area contributed by atoms with E-state index in [0.29, 0.717) is 0 Å². The summed E-state index contributed by atoms with van der Waals surface area (Å²) in [4.78, 5) is 39.1. The third kappa shape index (κ3) is 3.23. The van der Waals surface area contributed by atoms with Gasteiger partial charge < -0.3 is 4.98 Å². The first-order valence-electron chi connectivity index (χ1n) is 6.69. The summed E-state index contributed by atoms with van der Waals surface area (Å²) in [7, 11) is 0. The molecule has 4 N–H and O–H groups in total. The number of carbonyl (C=O) groups excluding carboxylic acids is 1. The van der Waals surface area contributed by atoms with Crippen molar-refractivity contribution in [2.24, 2.45) is 5.10 Å². The quantitative estimate of drug-likeness (QED) is 0.386. The zero-order valence-corrected chi connectivity index (χ0v) is 11.8. The minimum absolute atomic E-state index is 0.0932. The second kappa shape index (κ2) is 6.10. The van der Waals surface area contributed by atoms with Crippen LogP contribution in [0, 0.1) is 0 Å². The zero-order valence-electron chi connectivity index (χ0n) is 11.8. The molecule has 9 heteroatoms. The van der Waals surface area contributed by atoms with E-state index in [2.05, 4.69) is 25.7 Å². The predicted molar refractivity (Wildman–Crippen MR) is 83.2 cm³/mol. The zero-order chi connectivity index (χ0) is 16.2. The second-order valence-corrected chi connectivity index (χ2v) is 4.71. The van der Waals surface area contributed by atoms with Gasteiger partial charge in [0.2, 0.25) is 5.91 Å². The lowest BCUT2D eigenvalue weighted by atomic mass is 10.2. The average Bonchev–Trinajstić information content (AvgIpc) is 2.94. The van der Waals surface area contributed by atoms with Gasteiger partial charge in [-0.2, -0.15) is 10.2 Å². The number of amides is 1. The lowest BCUT2D eigenvalue weighted by Gasteiger charge is -1.98. The molecular formula is C14H12N6O3. The number of nitrogens with one attached hydrogen (secondary N) is 4. The van der Waals surface area contributed by atoms with Gasteiger partial charge in [0.1, 0.15) is 5.69 Å². The molecule has 116 valence electrons. The molecule has 3 rings (SSSR count). The van der Waals surface area contributed by atoms with Gasteiger partial charge in [0.25, 0.3) is 5.56 Å². The first kappa shape index (κ1) is 14.4. The summed E-state index contributed by atoms with van der Waals surface area (Å²) in [5, 5.41) is 10.4. The van der Waals surface area contributed by atoms with Crippen LogP contribution in [0.3, 0.4) is 0 Å². The molecule has 0 aliphatic heterocycles. The van der Waals surface area contributed by atoms with Crippen LogP contribution >= 0.6 is 0 Å². The van der Waals surface area contributed by atoms with Crippen LogP contribution in [-0.2, 0) is 11.2 Å². The first-order chi connectivity index (χ1) is 11.1. The molecule has 0 bridgehead atoms. The number of hydrazone groups is 1. The van der Waals surface area contributed by atoms with Crippen molar-refractivity contribution in [3.05, 3.63) is 62.6 Å². The van der Waals surface area contributed by atoms with Crippen molar-refractivity contribution >= 4 is 23.0 Å². The van der Waals surface area contributed by atoms with Gasteiger partial charge in [0.15, 0.2) is 0 Å². The summed E-state index contributed by atoms with van der Waals surface area (Å²) in [5.74, 6) is -0.522. The van der Waals surface area contributed by atoms with E-state index in [1.165, 1.54) is 6.21 Å². The third-order valence-electron chi connectivity index (χ3n) is 3.12. The highest BCUT2D eigenvalue weighted by Crippen LogP contribution is 2.15. The summed E-state index contributed by atoms with van der Waals surface area (Å²) in [5.41, 5.74) is 2.57. The number of benzene rings is 1. The van der Waals surface area contributed by atoms with Crippen LogP contribution in [0.2, 0.25) is 0 Å². The summed E-state index contributed by atoms with van der Waals surface area (Å²) in [6, 6.07) is 7.68. The number of para-hydroxylation sites is 1. The van der Waals surface area contributed by atoms with Crippen LogP contribution in [0.15, 0.2) is 45.2 Å². The molecule has 1 aromatic carbocycles. The minimum atomic E-state index is -0.725. The summed E-state index contributed by atoms with van der Waals surface area (Å²) >= 11 is 0. The molecule has 0 unspecified atom stereocenters. The van der Waals surface area contributed by atoms with Crippen molar-refractivity contribution in [1.29, 1.82) is 0 Å². The van der Waals surface area contributed by atoms with Gasteiger partial charge in [0, 0.05) is 22.7 Å².